The number of H-pyrrole nitrogens is 1. The Morgan fingerprint density at radius 2 is 1.65 bits per heavy atom. The average Bonchev–Trinajstić information content (AvgIpc) is 2.83. The first-order valence-electron chi connectivity index (χ1n) is 26.9. The van der Waals surface area contributed by atoms with Gasteiger partial charge < -0.3 is 71.4 Å². The summed E-state index contributed by atoms with van der Waals surface area (Å²) in [7, 11) is 1.63. The number of carbonyl (C=O) groups is 6. The van der Waals surface area contributed by atoms with Crippen molar-refractivity contribution < 1.29 is 48.5 Å². The number of amides is 6. The molecule has 6 aromatic rings. The number of hydrogen-bond acceptors (Lipinski definition) is 15. The zero-order valence-electron chi connectivity index (χ0n) is 46.5. The summed E-state index contributed by atoms with van der Waals surface area (Å²) >= 11 is 1.52. The monoisotopic (exact) mass is 1130 g/mol. The second kappa shape index (κ2) is 25.8. The van der Waals surface area contributed by atoms with Crippen molar-refractivity contribution in [2.24, 2.45) is 18.2 Å². The minimum Gasteiger partial charge on any atom is -0.394 e. The molecule has 23 heteroatoms. The van der Waals surface area contributed by atoms with Crippen LogP contribution in [0.3, 0.4) is 0 Å². The summed E-state index contributed by atoms with van der Waals surface area (Å²) in [6.07, 6.45) is 1.11. The van der Waals surface area contributed by atoms with Crippen LogP contribution in [0.25, 0.3) is 32.5 Å². The number of thiazole rings is 1. The Kier molecular flexibility index (Phi) is 18.9. The third kappa shape index (κ3) is 13.7. The number of aliphatic hydroxyl groups is 2. The van der Waals surface area contributed by atoms with Gasteiger partial charge in [-0.3, -0.25) is 33.6 Å². The zero-order chi connectivity index (χ0) is 58.3. The maximum atomic E-state index is 14.2. The van der Waals surface area contributed by atoms with E-state index < -0.39 is 83.8 Å². The van der Waals surface area contributed by atoms with Crippen LogP contribution in [0.2, 0.25) is 0 Å². The molecular weight excluding hydrogens is 1060 g/mol. The van der Waals surface area contributed by atoms with Gasteiger partial charge in [0.2, 0.25) is 29.5 Å². The van der Waals surface area contributed by atoms with Gasteiger partial charge in [0, 0.05) is 85.1 Å². The number of fused-ring (bicyclic) bond motifs is 2. The molecule has 0 spiro atoms. The van der Waals surface area contributed by atoms with E-state index in [1.165, 1.54) is 27.7 Å². The van der Waals surface area contributed by atoms with Gasteiger partial charge >= 0.3 is 0 Å². The summed E-state index contributed by atoms with van der Waals surface area (Å²) in [5, 5.41) is 35.6. The fourth-order valence-electron chi connectivity index (χ4n) is 9.98. The molecule has 1 saturated heterocycles. The zero-order valence-corrected chi connectivity index (χ0v) is 47.3. The number of aliphatic hydroxyl groups excluding tert-OH is 2. The smallest absolute Gasteiger partial charge is 0.274 e. The number of likely N-dealkylation sites (tertiary alicyclic amines) is 1. The van der Waals surface area contributed by atoms with Crippen LogP contribution in [-0.4, -0.2) is 141 Å². The predicted molar refractivity (Wildman–Crippen MR) is 307 cm³/mol. The van der Waals surface area contributed by atoms with Crippen LogP contribution in [0.4, 0.5) is 17.1 Å². The number of β-amino-alcohol motifs (C(OH)–C–C–N with tert-alkyl or cyclic N) is 1. The summed E-state index contributed by atoms with van der Waals surface area (Å²) in [4.78, 5) is 106. The third-order valence-corrected chi connectivity index (χ3v) is 15.3. The lowest BCUT2D eigenvalue weighted by molar-refractivity contribution is -0.144. The molecule has 3 aromatic carbocycles. The Bertz CT molecular complexity index is 3340. The molecule has 8 rings (SSSR count). The maximum Gasteiger partial charge on any atom is 0.274 e. The molecule has 0 radical (unpaired) electrons. The number of nitrogens with zero attached hydrogens (tertiary/aromatic N) is 4. The molecule has 10 N–H and O–H groups in total. The van der Waals surface area contributed by atoms with Gasteiger partial charge in [-0.2, -0.15) is 0 Å². The Balaban J connectivity index is 0.835. The van der Waals surface area contributed by atoms with Crippen molar-refractivity contribution >= 4 is 74.7 Å². The molecule has 6 amide bonds. The number of aromatic amines is 1. The first kappa shape index (κ1) is 59.3. The molecule has 430 valence electrons. The number of nitrogens with two attached hydrogens (primary N) is 1. The van der Waals surface area contributed by atoms with Crippen molar-refractivity contribution in [3.05, 3.63) is 117 Å². The minimum atomic E-state index is -1.07. The van der Waals surface area contributed by atoms with Crippen molar-refractivity contribution in [3.8, 4) is 21.6 Å². The highest BCUT2D eigenvalue weighted by Gasteiger charge is 2.45. The van der Waals surface area contributed by atoms with E-state index in [1.807, 2.05) is 72.5 Å². The van der Waals surface area contributed by atoms with Crippen molar-refractivity contribution in [2.45, 2.75) is 97.2 Å². The normalized spacial score (nSPS) is 16.4. The van der Waals surface area contributed by atoms with Crippen LogP contribution < -0.4 is 42.8 Å². The van der Waals surface area contributed by atoms with Crippen molar-refractivity contribution in [1.29, 1.82) is 0 Å². The number of ether oxygens (including phenoxy) is 2. The molecule has 2 aliphatic rings. The van der Waals surface area contributed by atoms with Crippen LogP contribution in [-0.2, 0) is 47.0 Å². The Morgan fingerprint density at radius 1 is 0.926 bits per heavy atom. The van der Waals surface area contributed by atoms with Crippen molar-refractivity contribution in [1.82, 2.24) is 40.7 Å². The van der Waals surface area contributed by atoms with E-state index in [0.29, 0.717) is 39.7 Å². The van der Waals surface area contributed by atoms with Gasteiger partial charge in [-0.15, -0.1) is 11.3 Å². The van der Waals surface area contributed by atoms with E-state index >= 15 is 0 Å². The minimum absolute atomic E-state index is 0.0202. The SMILES string of the molecule is Cc1ncsc1-c1ccc([C@H](CO)NC(=O)[C@@H]2C[C@@H](O)CN2C(=O)[C@@H](NC(=O)COCCCOCCNC(=O)c2[nH]c3c(=O)n(C)cc4c3c2CN(c2ccccc2)c2ccc(NC(=O)[C@H](C)NC(=O)[C@H](C)N)cc2-4)C(C)(C)C)cc1. The van der Waals surface area contributed by atoms with E-state index in [0.717, 1.165) is 27.5 Å². The van der Waals surface area contributed by atoms with Crippen molar-refractivity contribution in [2.75, 3.05) is 56.3 Å². The summed E-state index contributed by atoms with van der Waals surface area (Å²) in [5.74, 6) is -3.02. The van der Waals surface area contributed by atoms with Crippen LogP contribution in [0.1, 0.15) is 80.8 Å². The van der Waals surface area contributed by atoms with E-state index in [4.69, 9.17) is 15.2 Å². The van der Waals surface area contributed by atoms with Crippen molar-refractivity contribution in [3.63, 3.8) is 0 Å². The molecule has 0 saturated carbocycles. The largest absolute Gasteiger partial charge is 0.394 e. The lowest BCUT2D eigenvalue weighted by atomic mass is 9.85. The number of rotatable bonds is 22. The summed E-state index contributed by atoms with van der Waals surface area (Å²) < 4.78 is 12.9. The summed E-state index contributed by atoms with van der Waals surface area (Å²) in [6, 6.07) is 17.8. The van der Waals surface area contributed by atoms with E-state index in [2.05, 4.69) is 36.6 Å². The number of aromatic nitrogens is 3. The number of para-hydroxylation sites is 1. The Morgan fingerprint density at radius 3 is 2.33 bits per heavy atom. The van der Waals surface area contributed by atoms with Gasteiger partial charge in [0.15, 0.2) is 0 Å². The predicted octanol–water partition coefficient (Wildman–Crippen LogP) is 3.90. The molecular formula is C58H71N11O11S. The summed E-state index contributed by atoms with van der Waals surface area (Å²) in [5.41, 5.74) is 13.2. The van der Waals surface area contributed by atoms with Gasteiger partial charge in [-0.25, -0.2) is 4.98 Å². The summed E-state index contributed by atoms with van der Waals surface area (Å²) in [6.45, 7) is 10.3. The maximum absolute atomic E-state index is 14.2. The van der Waals surface area contributed by atoms with E-state index in [1.54, 1.807) is 58.6 Å². The number of carbonyl (C=O) groups excluding carboxylic acids is 6. The Hall–Kier alpha value is -7.80. The van der Waals surface area contributed by atoms with Crippen LogP contribution in [0.5, 0.6) is 0 Å². The second-order valence-corrected chi connectivity index (χ2v) is 22.4. The average molecular weight is 1130 g/mol. The van der Waals surface area contributed by atoms with Gasteiger partial charge in [-0.05, 0) is 74.1 Å². The molecule has 22 nitrogen and oxygen atoms in total. The van der Waals surface area contributed by atoms with E-state index in [-0.39, 0.29) is 69.3 Å². The first-order valence-corrected chi connectivity index (χ1v) is 27.7. The molecule has 2 aliphatic heterocycles. The number of hydrogen-bond donors (Lipinski definition) is 9. The number of aryl methyl sites for hydroxylation is 2. The fourth-order valence-corrected chi connectivity index (χ4v) is 10.8. The lowest BCUT2D eigenvalue weighted by Gasteiger charge is -2.35. The van der Waals surface area contributed by atoms with Gasteiger partial charge in [-0.1, -0.05) is 63.2 Å². The number of nitrogens with one attached hydrogen (secondary N) is 6. The molecule has 5 heterocycles. The van der Waals surface area contributed by atoms with Gasteiger partial charge in [0.25, 0.3) is 11.5 Å². The first-order chi connectivity index (χ1) is 38.6. The quantitative estimate of drug-likeness (QED) is 0.0436. The standard InChI is InChI=1S/C58H71N11O11S/c1-32(59)52(73)62-34(3)53(74)63-37-18-19-44-40(24-37)41-27-67(7)56(77)49-47(41)42(28-68(44)38-12-9-8-10-13-38)48(66-49)55(76)60-20-23-79-21-11-22-80-30-46(72)65-51(58(4,5)6)57(78)69-26-39(71)25-45(69)54(75)64-43(29-70)35-14-16-36(17-15-35)50-33(2)61-31-81-50/h8-10,12-19,24,27,31-32,34,39,43,45,51,66,70-71H,11,20-23,25-26,28-30,59H2,1-7H3,(H,60,76)(H,62,73)(H,63,74)(H,64,75)(H,65,72)/t32-,34-,39+,43-,45-,51+/m0/s1. The highest BCUT2D eigenvalue weighted by Crippen LogP contribution is 2.45. The topological polar surface area (TPSA) is 305 Å². The third-order valence-electron chi connectivity index (χ3n) is 14.3. The second-order valence-electron chi connectivity index (χ2n) is 21.5. The molecule has 0 bridgehead atoms. The molecule has 81 heavy (non-hydrogen) atoms. The molecule has 0 unspecified atom stereocenters. The van der Waals surface area contributed by atoms with Crippen LogP contribution in [0.15, 0.2) is 89.3 Å². The highest BCUT2D eigenvalue weighted by molar-refractivity contribution is 7.13. The van der Waals surface area contributed by atoms with Gasteiger partial charge in [0.05, 0.1) is 54.0 Å². The fraction of sp³-hybridized carbons (Fsp3) is 0.414. The van der Waals surface area contributed by atoms with E-state index in [9.17, 15) is 43.8 Å². The van der Waals surface area contributed by atoms with Crippen LogP contribution >= 0.6 is 11.3 Å². The molecule has 6 atom stereocenters. The van der Waals surface area contributed by atoms with Gasteiger partial charge in [0.1, 0.15) is 35.9 Å². The number of anilines is 3. The lowest BCUT2D eigenvalue weighted by Crippen LogP contribution is -2.58. The van der Waals surface area contributed by atoms with Crippen LogP contribution in [0, 0.1) is 12.3 Å². The molecule has 1 fully saturated rings. The molecule has 3 aromatic heterocycles. The molecule has 0 aliphatic carbocycles. The Labute approximate surface area is 472 Å². The number of benzene rings is 3. The highest BCUT2D eigenvalue weighted by atomic mass is 32.1. The number of pyridine rings is 1.